The van der Waals surface area contributed by atoms with Crippen molar-refractivity contribution in [2.24, 2.45) is 0 Å². The number of nitro groups is 1. The van der Waals surface area contributed by atoms with Gasteiger partial charge in [-0.25, -0.2) is 0 Å². The molecule has 3 rings (SSSR count). The summed E-state index contributed by atoms with van der Waals surface area (Å²) >= 11 is 0. The molecule has 0 radical (unpaired) electrons. The molecule has 0 saturated heterocycles. The number of hydrogen-bond donors (Lipinski definition) is 1. The number of hydrogen-bond acceptors (Lipinski definition) is 4. The monoisotopic (exact) mass is 328 g/mol. The van der Waals surface area contributed by atoms with Crippen LogP contribution in [0.1, 0.15) is 41.4 Å². The summed E-state index contributed by atoms with van der Waals surface area (Å²) in [4.78, 5) is 23.0. The quantitative estimate of drug-likeness (QED) is 0.690. The van der Waals surface area contributed by atoms with E-state index in [9.17, 15) is 14.9 Å². The second-order valence-corrected chi connectivity index (χ2v) is 6.15. The van der Waals surface area contributed by atoms with Crippen molar-refractivity contribution in [3.8, 4) is 0 Å². The van der Waals surface area contributed by atoms with Crippen LogP contribution in [0.25, 0.3) is 0 Å². The second-order valence-electron chi connectivity index (χ2n) is 6.15. The first kappa shape index (κ1) is 16.2. The van der Waals surface area contributed by atoms with Crippen molar-refractivity contribution in [1.82, 2.24) is 15.1 Å². The lowest BCUT2D eigenvalue weighted by Crippen LogP contribution is -2.33. The summed E-state index contributed by atoms with van der Waals surface area (Å²) in [7, 11) is 0. The molecular weight excluding hydrogens is 308 g/mol. The van der Waals surface area contributed by atoms with E-state index in [2.05, 4.69) is 16.5 Å². The number of aromatic nitrogens is 2. The maximum atomic E-state index is 12.4. The van der Waals surface area contributed by atoms with Crippen LogP contribution in [-0.4, -0.2) is 20.6 Å². The van der Waals surface area contributed by atoms with Crippen molar-refractivity contribution in [1.29, 1.82) is 0 Å². The van der Waals surface area contributed by atoms with Crippen molar-refractivity contribution < 1.29 is 9.72 Å². The van der Waals surface area contributed by atoms with Crippen molar-refractivity contribution in [2.45, 2.75) is 45.7 Å². The Morgan fingerprint density at radius 2 is 2.17 bits per heavy atom. The van der Waals surface area contributed by atoms with E-state index in [1.807, 2.05) is 18.2 Å². The molecule has 1 aromatic heterocycles. The summed E-state index contributed by atoms with van der Waals surface area (Å²) in [5, 5.41) is 18.2. The lowest BCUT2D eigenvalue weighted by Gasteiger charge is -2.26. The molecule has 0 aliphatic heterocycles. The first-order valence-corrected chi connectivity index (χ1v) is 8.03. The number of fused-ring (bicyclic) bond motifs is 1. The Hall–Kier alpha value is -2.70. The number of nitrogens with one attached hydrogen (secondary N) is 1. The minimum Gasteiger partial charge on any atom is -0.348 e. The van der Waals surface area contributed by atoms with Crippen molar-refractivity contribution in [3.63, 3.8) is 0 Å². The molecule has 7 heteroatoms. The molecule has 0 bridgehead atoms. The standard InChI is InChI=1S/C17H20N4O3/c1-11-17(21(23)24)12(2)20(19-11)10-16(22)18-15-9-5-7-13-6-3-4-8-14(13)15/h3-4,6,8,15H,5,7,9-10H2,1-2H3,(H,18,22)/t15-/m1/s1. The number of carbonyl (C=O) groups is 1. The van der Waals surface area contributed by atoms with Crippen LogP contribution in [0.3, 0.4) is 0 Å². The summed E-state index contributed by atoms with van der Waals surface area (Å²) in [6, 6.07) is 8.13. The smallest absolute Gasteiger partial charge is 0.312 e. The summed E-state index contributed by atoms with van der Waals surface area (Å²) in [5.74, 6) is -0.183. The van der Waals surface area contributed by atoms with Crippen molar-refractivity contribution >= 4 is 11.6 Å². The summed E-state index contributed by atoms with van der Waals surface area (Å²) < 4.78 is 1.40. The Bertz CT molecular complexity index is 797. The highest BCUT2D eigenvalue weighted by Gasteiger charge is 2.25. The normalized spacial score (nSPS) is 16.5. The van der Waals surface area contributed by atoms with E-state index in [-0.39, 0.29) is 24.2 Å². The Balaban J connectivity index is 1.74. The molecule has 24 heavy (non-hydrogen) atoms. The van der Waals surface area contributed by atoms with E-state index in [0.717, 1.165) is 24.8 Å². The fourth-order valence-corrected chi connectivity index (χ4v) is 3.39. The molecule has 7 nitrogen and oxygen atoms in total. The van der Waals surface area contributed by atoms with Crippen LogP contribution in [0.2, 0.25) is 0 Å². The molecular formula is C17H20N4O3. The second kappa shape index (κ2) is 6.43. The van der Waals surface area contributed by atoms with E-state index in [0.29, 0.717) is 11.4 Å². The van der Waals surface area contributed by atoms with E-state index < -0.39 is 4.92 Å². The van der Waals surface area contributed by atoms with Gasteiger partial charge in [0.05, 0.1) is 11.0 Å². The third-order valence-electron chi connectivity index (χ3n) is 4.52. The molecule has 0 unspecified atom stereocenters. The van der Waals surface area contributed by atoms with Crippen molar-refractivity contribution in [2.75, 3.05) is 0 Å². The Labute approximate surface area is 139 Å². The van der Waals surface area contributed by atoms with Gasteiger partial charge < -0.3 is 5.32 Å². The molecule has 126 valence electrons. The Morgan fingerprint density at radius 3 is 2.88 bits per heavy atom. The molecule has 0 saturated carbocycles. The molecule has 0 fully saturated rings. The van der Waals surface area contributed by atoms with Crippen LogP contribution in [0.4, 0.5) is 5.69 Å². The number of amides is 1. The average Bonchev–Trinajstić information content (AvgIpc) is 2.81. The molecule has 1 N–H and O–H groups in total. The minimum absolute atomic E-state index is 0.00518. The molecule has 1 aromatic carbocycles. The van der Waals surface area contributed by atoms with Crippen LogP contribution in [-0.2, 0) is 17.8 Å². The summed E-state index contributed by atoms with van der Waals surface area (Å²) in [6.07, 6.45) is 2.97. The van der Waals surface area contributed by atoms with Crippen LogP contribution in [0.15, 0.2) is 24.3 Å². The first-order chi connectivity index (χ1) is 11.5. The predicted octanol–water partition coefficient (Wildman–Crippen LogP) is 2.60. The number of aryl methyl sites for hydroxylation is 2. The zero-order valence-corrected chi connectivity index (χ0v) is 13.8. The molecule has 2 aromatic rings. The van der Waals surface area contributed by atoms with Gasteiger partial charge >= 0.3 is 5.69 Å². The van der Waals surface area contributed by atoms with E-state index in [1.165, 1.54) is 10.2 Å². The Morgan fingerprint density at radius 1 is 1.42 bits per heavy atom. The van der Waals surface area contributed by atoms with Gasteiger partial charge in [-0.15, -0.1) is 0 Å². The fourth-order valence-electron chi connectivity index (χ4n) is 3.39. The molecule has 1 aliphatic carbocycles. The highest BCUT2D eigenvalue weighted by molar-refractivity contribution is 5.76. The maximum Gasteiger partial charge on any atom is 0.312 e. The zero-order chi connectivity index (χ0) is 17.3. The zero-order valence-electron chi connectivity index (χ0n) is 13.8. The number of benzene rings is 1. The minimum atomic E-state index is -0.455. The SMILES string of the molecule is Cc1nn(CC(=O)N[C@@H]2CCCc3ccccc32)c(C)c1[N+](=O)[O-]. The highest BCUT2D eigenvalue weighted by Crippen LogP contribution is 2.29. The number of nitrogens with zero attached hydrogens (tertiary/aromatic N) is 3. The van der Waals surface area contributed by atoms with E-state index >= 15 is 0 Å². The summed E-state index contributed by atoms with van der Waals surface area (Å²) in [6.45, 7) is 3.18. The number of rotatable bonds is 4. The van der Waals surface area contributed by atoms with Crippen LogP contribution in [0, 0.1) is 24.0 Å². The van der Waals surface area contributed by atoms with Gasteiger partial charge in [0.1, 0.15) is 17.9 Å². The van der Waals surface area contributed by atoms with E-state index in [1.54, 1.807) is 13.8 Å². The van der Waals surface area contributed by atoms with E-state index in [4.69, 9.17) is 0 Å². The lowest BCUT2D eigenvalue weighted by atomic mass is 9.88. The molecule has 1 aliphatic rings. The maximum absolute atomic E-state index is 12.4. The predicted molar refractivity (Wildman–Crippen MR) is 88.6 cm³/mol. The van der Waals surface area contributed by atoms with Gasteiger partial charge in [-0.2, -0.15) is 5.10 Å². The van der Waals surface area contributed by atoms with Crippen LogP contribution in [0.5, 0.6) is 0 Å². The van der Waals surface area contributed by atoms with Crippen LogP contribution < -0.4 is 5.32 Å². The molecule has 0 spiro atoms. The van der Waals surface area contributed by atoms with Gasteiger partial charge in [-0.3, -0.25) is 19.6 Å². The lowest BCUT2D eigenvalue weighted by molar-refractivity contribution is -0.386. The number of carbonyl (C=O) groups excluding carboxylic acids is 1. The van der Waals surface area contributed by atoms with Crippen LogP contribution >= 0.6 is 0 Å². The third-order valence-corrected chi connectivity index (χ3v) is 4.52. The van der Waals surface area contributed by atoms with Crippen molar-refractivity contribution in [3.05, 3.63) is 56.9 Å². The third kappa shape index (κ3) is 3.02. The van der Waals surface area contributed by atoms with Gasteiger partial charge in [0.25, 0.3) is 0 Å². The highest BCUT2D eigenvalue weighted by atomic mass is 16.6. The van der Waals surface area contributed by atoms with Gasteiger partial charge in [0, 0.05) is 0 Å². The first-order valence-electron chi connectivity index (χ1n) is 8.03. The summed E-state index contributed by atoms with van der Waals surface area (Å²) in [5.41, 5.74) is 3.14. The largest absolute Gasteiger partial charge is 0.348 e. The Kier molecular flexibility index (Phi) is 4.33. The topological polar surface area (TPSA) is 90.1 Å². The molecule has 1 amide bonds. The van der Waals surface area contributed by atoms with Gasteiger partial charge in [0.2, 0.25) is 5.91 Å². The van der Waals surface area contributed by atoms with Gasteiger partial charge in [-0.1, -0.05) is 24.3 Å². The van der Waals surface area contributed by atoms with Gasteiger partial charge in [-0.05, 0) is 44.2 Å². The van der Waals surface area contributed by atoms with Gasteiger partial charge in [0.15, 0.2) is 0 Å². The molecule has 1 heterocycles. The average molecular weight is 328 g/mol. The molecule has 1 atom stereocenters. The fraction of sp³-hybridized carbons (Fsp3) is 0.412.